The fourth-order valence-electron chi connectivity index (χ4n) is 2.74. The number of anilines is 1. The third-order valence-corrected chi connectivity index (χ3v) is 5.18. The Kier molecular flexibility index (Phi) is 3.63. The van der Waals surface area contributed by atoms with Gasteiger partial charge in [0.2, 0.25) is 0 Å². The molecular weight excluding hydrogens is 270 g/mol. The first-order valence-electron chi connectivity index (χ1n) is 6.93. The summed E-state index contributed by atoms with van der Waals surface area (Å²) >= 11 is 1.49. The molecule has 2 heterocycles. The van der Waals surface area contributed by atoms with Gasteiger partial charge in [-0.15, -0.1) is 11.3 Å². The fourth-order valence-corrected chi connectivity index (χ4v) is 3.85. The minimum absolute atomic E-state index is 0.0515. The highest BCUT2D eigenvalue weighted by atomic mass is 32.1. The van der Waals surface area contributed by atoms with E-state index in [-0.39, 0.29) is 5.91 Å². The first-order valence-corrected chi connectivity index (χ1v) is 7.75. The van der Waals surface area contributed by atoms with E-state index in [1.165, 1.54) is 11.3 Å². The van der Waals surface area contributed by atoms with Gasteiger partial charge in [-0.2, -0.15) is 0 Å². The van der Waals surface area contributed by atoms with Crippen LogP contribution >= 0.6 is 11.3 Å². The zero-order chi connectivity index (χ0) is 14.1. The Morgan fingerprint density at radius 2 is 2.05 bits per heavy atom. The number of rotatable bonds is 2. The van der Waals surface area contributed by atoms with Crippen molar-refractivity contribution in [2.75, 3.05) is 25.9 Å². The molecule has 0 unspecified atom stereocenters. The number of nitrogens with zero attached hydrogens (tertiary/aromatic N) is 1. The monoisotopic (exact) mass is 289 g/mol. The van der Waals surface area contributed by atoms with E-state index in [1.807, 2.05) is 36.2 Å². The third kappa shape index (κ3) is 2.27. The Labute approximate surface area is 122 Å². The van der Waals surface area contributed by atoms with Gasteiger partial charge >= 0.3 is 0 Å². The van der Waals surface area contributed by atoms with Gasteiger partial charge in [0.25, 0.3) is 5.91 Å². The quantitative estimate of drug-likeness (QED) is 0.892. The molecule has 1 saturated heterocycles. The molecule has 3 N–H and O–H groups in total. The molecule has 2 aromatic rings. The number of hydrogen-bond acceptors (Lipinski definition) is 4. The van der Waals surface area contributed by atoms with Crippen molar-refractivity contribution in [3.63, 3.8) is 0 Å². The lowest BCUT2D eigenvalue weighted by Gasteiger charge is -2.31. The van der Waals surface area contributed by atoms with Crippen molar-refractivity contribution in [2.24, 2.45) is 0 Å². The topological polar surface area (TPSA) is 58.4 Å². The number of thiophene rings is 1. The maximum atomic E-state index is 12.7. The van der Waals surface area contributed by atoms with Crippen LogP contribution in [-0.2, 0) is 0 Å². The number of nitrogens with one attached hydrogen (secondary N) is 1. The van der Waals surface area contributed by atoms with Gasteiger partial charge in [0.15, 0.2) is 0 Å². The van der Waals surface area contributed by atoms with Crippen LogP contribution in [0.5, 0.6) is 0 Å². The first kappa shape index (κ1) is 13.4. The molecule has 1 aromatic carbocycles. The van der Waals surface area contributed by atoms with E-state index in [0.29, 0.717) is 16.6 Å². The van der Waals surface area contributed by atoms with Gasteiger partial charge in [-0.1, -0.05) is 18.2 Å². The summed E-state index contributed by atoms with van der Waals surface area (Å²) in [5, 5.41) is 4.31. The molecule has 0 spiro atoms. The predicted molar refractivity (Wildman–Crippen MR) is 84.2 cm³/mol. The van der Waals surface area contributed by atoms with Crippen LogP contribution in [0.1, 0.15) is 22.5 Å². The molecule has 3 rings (SSSR count). The highest BCUT2D eigenvalue weighted by Gasteiger charge is 2.26. The highest BCUT2D eigenvalue weighted by molar-refractivity contribution is 7.21. The minimum Gasteiger partial charge on any atom is -0.397 e. The van der Waals surface area contributed by atoms with Crippen molar-refractivity contribution in [3.8, 4) is 0 Å². The lowest BCUT2D eigenvalue weighted by Crippen LogP contribution is -2.43. The largest absolute Gasteiger partial charge is 0.397 e. The van der Waals surface area contributed by atoms with Crippen molar-refractivity contribution in [2.45, 2.75) is 18.9 Å². The average Bonchev–Trinajstić information content (AvgIpc) is 2.84. The number of carbonyl (C=O) groups excluding carboxylic acids is 1. The summed E-state index contributed by atoms with van der Waals surface area (Å²) in [4.78, 5) is 15.2. The Morgan fingerprint density at radius 1 is 1.35 bits per heavy atom. The molecule has 0 radical (unpaired) electrons. The smallest absolute Gasteiger partial charge is 0.266 e. The molecule has 1 fully saturated rings. The zero-order valence-electron chi connectivity index (χ0n) is 11.6. The molecule has 106 valence electrons. The summed E-state index contributed by atoms with van der Waals surface area (Å²) in [6.07, 6.45) is 2.01. The number of hydrogen-bond donors (Lipinski definition) is 2. The summed E-state index contributed by atoms with van der Waals surface area (Å²) in [6.45, 7) is 1.95. The van der Waals surface area contributed by atoms with E-state index in [2.05, 4.69) is 5.32 Å². The van der Waals surface area contributed by atoms with Gasteiger partial charge in [-0.25, -0.2) is 0 Å². The molecule has 1 amide bonds. The van der Waals surface area contributed by atoms with Crippen LogP contribution in [0.3, 0.4) is 0 Å². The van der Waals surface area contributed by atoms with Gasteiger partial charge in [-0.3, -0.25) is 4.79 Å². The third-order valence-electron chi connectivity index (χ3n) is 4.00. The van der Waals surface area contributed by atoms with Crippen LogP contribution < -0.4 is 11.1 Å². The average molecular weight is 289 g/mol. The van der Waals surface area contributed by atoms with E-state index < -0.39 is 0 Å². The Morgan fingerprint density at radius 3 is 2.75 bits per heavy atom. The lowest BCUT2D eigenvalue weighted by molar-refractivity contribution is 0.0709. The van der Waals surface area contributed by atoms with Crippen molar-refractivity contribution < 1.29 is 4.79 Å². The molecule has 0 aliphatic carbocycles. The standard InChI is InChI=1S/C15H19N3OS/c1-18(10-6-8-17-9-7-10)15(19)14-13(16)11-4-2-3-5-12(11)20-14/h2-5,10,17H,6-9,16H2,1H3. The minimum atomic E-state index is 0.0515. The van der Waals surface area contributed by atoms with Crippen molar-refractivity contribution >= 4 is 33.0 Å². The molecule has 0 saturated carbocycles. The SMILES string of the molecule is CN(C(=O)c1sc2ccccc2c1N)C1CCNCC1. The van der Waals surface area contributed by atoms with Gasteiger partial charge in [-0.05, 0) is 32.0 Å². The summed E-state index contributed by atoms with van der Waals surface area (Å²) in [7, 11) is 1.89. The second-order valence-electron chi connectivity index (χ2n) is 5.24. The van der Waals surface area contributed by atoms with Crippen LogP contribution in [0, 0.1) is 0 Å². The highest BCUT2D eigenvalue weighted by Crippen LogP contribution is 2.34. The molecule has 0 bridgehead atoms. The molecule has 0 atom stereocenters. The summed E-state index contributed by atoms with van der Waals surface area (Å²) < 4.78 is 1.08. The second kappa shape index (κ2) is 5.42. The number of nitrogens with two attached hydrogens (primary N) is 1. The number of amides is 1. The van der Waals surface area contributed by atoms with Gasteiger partial charge < -0.3 is 16.0 Å². The Bertz CT molecular complexity index is 631. The van der Waals surface area contributed by atoms with E-state index in [0.717, 1.165) is 36.0 Å². The van der Waals surface area contributed by atoms with Crippen LogP contribution in [0.4, 0.5) is 5.69 Å². The summed E-state index contributed by atoms with van der Waals surface area (Å²) in [5.41, 5.74) is 6.78. The van der Waals surface area contributed by atoms with Gasteiger partial charge in [0.05, 0.1) is 5.69 Å². The number of piperidine rings is 1. The van der Waals surface area contributed by atoms with E-state index in [9.17, 15) is 4.79 Å². The summed E-state index contributed by atoms with van der Waals surface area (Å²) in [5.74, 6) is 0.0515. The number of fused-ring (bicyclic) bond motifs is 1. The molecule has 1 aromatic heterocycles. The van der Waals surface area contributed by atoms with Crippen molar-refractivity contribution in [1.29, 1.82) is 0 Å². The normalized spacial score (nSPS) is 16.4. The van der Waals surface area contributed by atoms with Crippen molar-refractivity contribution in [3.05, 3.63) is 29.1 Å². The maximum absolute atomic E-state index is 12.7. The van der Waals surface area contributed by atoms with Crippen LogP contribution in [0.2, 0.25) is 0 Å². The second-order valence-corrected chi connectivity index (χ2v) is 6.29. The fraction of sp³-hybridized carbons (Fsp3) is 0.400. The first-order chi connectivity index (χ1) is 9.68. The summed E-state index contributed by atoms with van der Waals surface area (Å²) in [6, 6.07) is 8.23. The maximum Gasteiger partial charge on any atom is 0.266 e. The van der Waals surface area contributed by atoms with Gasteiger partial charge in [0.1, 0.15) is 4.88 Å². The molecular formula is C15H19N3OS. The molecule has 1 aliphatic heterocycles. The van der Waals surface area contributed by atoms with Crippen LogP contribution in [0.15, 0.2) is 24.3 Å². The molecule has 4 nitrogen and oxygen atoms in total. The van der Waals surface area contributed by atoms with Crippen LogP contribution in [-0.4, -0.2) is 37.0 Å². The van der Waals surface area contributed by atoms with E-state index in [4.69, 9.17) is 5.73 Å². The van der Waals surface area contributed by atoms with E-state index in [1.54, 1.807) is 0 Å². The molecule has 5 heteroatoms. The molecule has 1 aliphatic rings. The lowest BCUT2D eigenvalue weighted by atomic mass is 10.1. The Hall–Kier alpha value is -1.59. The molecule has 20 heavy (non-hydrogen) atoms. The van der Waals surface area contributed by atoms with E-state index >= 15 is 0 Å². The zero-order valence-corrected chi connectivity index (χ0v) is 12.4. The Balaban J connectivity index is 1.89. The number of nitrogen functional groups attached to an aromatic ring is 1. The number of benzene rings is 1. The van der Waals surface area contributed by atoms with Crippen molar-refractivity contribution in [1.82, 2.24) is 10.2 Å². The number of carbonyl (C=O) groups is 1. The van der Waals surface area contributed by atoms with Crippen LogP contribution in [0.25, 0.3) is 10.1 Å². The predicted octanol–water partition coefficient (Wildman–Crippen LogP) is 2.31. The van der Waals surface area contributed by atoms with Gasteiger partial charge in [0, 0.05) is 23.2 Å².